The molecular weight excluding hydrogens is 266 g/mol. The van der Waals surface area contributed by atoms with Crippen LogP contribution in [0.5, 0.6) is 0 Å². The van der Waals surface area contributed by atoms with Crippen LogP contribution in [-0.4, -0.2) is 9.97 Å². The van der Waals surface area contributed by atoms with Gasteiger partial charge in [0.2, 0.25) is 0 Å². The lowest BCUT2D eigenvalue weighted by atomic mass is 10.1. The third kappa shape index (κ3) is 2.71. The molecule has 0 aromatic carbocycles. The zero-order chi connectivity index (χ0) is 13.9. The van der Waals surface area contributed by atoms with Crippen LogP contribution in [0, 0.1) is 0 Å². The summed E-state index contributed by atoms with van der Waals surface area (Å²) in [4.78, 5) is 8.67. The van der Waals surface area contributed by atoms with Crippen molar-refractivity contribution in [1.82, 2.24) is 15.3 Å². The van der Waals surface area contributed by atoms with Gasteiger partial charge in [-0.2, -0.15) is 0 Å². The fourth-order valence-electron chi connectivity index (χ4n) is 2.30. The first-order chi connectivity index (χ1) is 9.74. The molecule has 3 nitrogen and oxygen atoms in total. The van der Waals surface area contributed by atoms with Crippen LogP contribution >= 0.6 is 11.3 Å². The van der Waals surface area contributed by atoms with E-state index in [1.165, 1.54) is 15.8 Å². The minimum atomic E-state index is 0.254. The van der Waals surface area contributed by atoms with Crippen molar-refractivity contribution in [2.45, 2.75) is 25.9 Å². The highest BCUT2D eigenvalue weighted by molar-refractivity contribution is 7.17. The molecule has 0 fully saturated rings. The van der Waals surface area contributed by atoms with Crippen molar-refractivity contribution in [1.29, 1.82) is 0 Å². The van der Waals surface area contributed by atoms with E-state index < -0.39 is 0 Å². The molecule has 3 aromatic rings. The number of aromatic nitrogens is 2. The van der Waals surface area contributed by atoms with E-state index in [0.29, 0.717) is 0 Å². The summed E-state index contributed by atoms with van der Waals surface area (Å²) >= 11 is 1.73. The Balaban J connectivity index is 1.76. The maximum atomic E-state index is 4.50. The van der Waals surface area contributed by atoms with Gasteiger partial charge >= 0.3 is 0 Å². The van der Waals surface area contributed by atoms with Crippen LogP contribution in [0.3, 0.4) is 0 Å². The molecule has 0 aliphatic rings. The molecule has 0 spiro atoms. The molecule has 3 heterocycles. The Hall–Kier alpha value is -1.78. The van der Waals surface area contributed by atoms with E-state index in [0.717, 1.165) is 5.52 Å². The zero-order valence-corrected chi connectivity index (χ0v) is 12.4. The smallest absolute Gasteiger partial charge is 0.0809 e. The predicted octanol–water partition coefficient (Wildman–Crippen LogP) is 4.10. The lowest BCUT2D eigenvalue weighted by molar-refractivity contribution is 0.493. The number of hydrogen-bond acceptors (Lipinski definition) is 4. The van der Waals surface area contributed by atoms with Gasteiger partial charge < -0.3 is 5.32 Å². The molecule has 20 heavy (non-hydrogen) atoms. The number of nitrogens with zero attached hydrogens (tertiary/aromatic N) is 2. The van der Waals surface area contributed by atoms with Crippen molar-refractivity contribution in [3.63, 3.8) is 0 Å². The van der Waals surface area contributed by atoms with Crippen molar-refractivity contribution >= 4 is 21.6 Å². The highest BCUT2D eigenvalue weighted by Crippen LogP contribution is 2.24. The van der Waals surface area contributed by atoms with Gasteiger partial charge in [0.1, 0.15) is 0 Å². The summed E-state index contributed by atoms with van der Waals surface area (Å²) in [5, 5.41) is 5.68. The second-order valence-corrected chi connectivity index (χ2v) is 5.92. The van der Waals surface area contributed by atoms with E-state index in [1.807, 2.05) is 18.5 Å². The van der Waals surface area contributed by atoms with Crippen molar-refractivity contribution in [2.75, 3.05) is 0 Å². The van der Waals surface area contributed by atoms with Gasteiger partial charge in [0, 0.05) is 30.7 Å². The number of nitrogens with one attached hydrogen (secondary N) is 1. The third-order valence-corrected chi connectivity index (χ3v) is 4.36. The van der Waals surface area contributed by atoms with Crippen LogP contribution in [-0.2, 0) is 0 Å². The molecule has 2 atom stereocenters. The molecular formula is C16H17N3S. The number of fused-ring (bicyclic) bond motifs is 1. The summed E-state index contributed by atoms with van der Waals surface area (Å²) in [7, 11) is 0. The summed E-state index contributed by atoms with van der Waals surface area (Å²) in [5.41, 5.74) is 3.49. The van der Waals surface area contributed by atoms with Crippen LogP contribution in [0.4, 0.5) is 0 Å². The Kier molecular flexibility index (Phi) is 3.76. The van der Waals surface area contributed by atoms with Crippen LogP contribution in [0.15, 0.2) is 48.2 Å². The molecule has 0 aliphatic carbocycles. The van der Waals surface area contributed by atoms with Gasteiger partial charge in [0.25, 0.3) is 0 Å². The molecule has 102 valence electrons. The first-order valence-electron chi connectivity index (χ1n) is 6.73. The summed E-state index contributed by atoms with van der Waals surface area (Å²) in [6, 6.07) is 8.86. The van der Waals surface area contributed by atoms with E-state index in [1.54, 1.807) is 17.5 Å². The molecule has 0 aliphatic heterocycles. The van der Waals surface area contributed by atoms with E-state index in [9.17, 15) is 0 Å². The topological polar surface area (TPSA) is 37.8 Å². The highest BCUT2D eigenvalue weighted by atomic mass is 32.1. The average Bonchev–Trinajstić information content (AvgIpc) is 2.95. The monoisotopic (exact) mass is 283 g/mol. The molecule has 1 unspecified atom stereocenters. The summed E-state index contributed by atoms with van der Waals surface area (Å²) in [5.74, 6) is 0. The number of rotatable bonds is 4. The second-order valence-electron chi connectivity index (χ2n) is 4.97. The van der Waals surface area contributed by atoms with E-state index in [4.69, 9.17) is 0 Å². The number of hydrogen-bond donors (Lipinski definition) is 1. The Labute approximate surface area is 122 Å². The Bertz CT molecular complexity index is 693. The standard InChI is InChI=1S/C16H17N3S/c1-11(13-4-3-6-17-9-13)19-12(2)14-8-16-15(18-10-14)5-7-20-16/h3-12,19H,1-2H3/t11-,12?/m1/s1. The van der Waals surface area contributed by atoms with Crippen molar-refractivity contribution in [3.8, 4) is 0 Å². The highest BCUT2D eigenvalue weighted by Gasteiger charge is 2.12. The molecule has 0 saturated carbocycles. The van der Waals surface area contributed by atoms with Crippen molar-refractivity contribution in [3.05, 3.63) is 59.4 Å². The lowest BCUT2D eigenvalue weighted by Crippen LogP contribution is -2.22. The van der Waals surface area contributed by atoms with Gasteiger partial charge in [0.05, 0.1) is 10.2 Å². The summed E-state index contributed by atoms with van der Waals surface area (Å²) in [6.45, 7) is 4.33. The first-order valence-corrected chi connectivity index (χ1v) is 7.61. The molecule has 0 amide bonds. The summed E-state index contributed by atoms with van der Waals surface area (Å²) < 4.78 is 1.24. The fraction of sp³-hybridized carbons (Fsp3) is 0.250. The van der Waals surface area contributed by atoms with E-state index in [2.05, 4.69) is 52.7 Å². The van der Waals surface area contributed by atoms with Crippen LogP contribution < -0.4 is 5.32 Å². The van der Waals surface area contributed by atoms with Crippen molar-refractivity contribution < 1.29 is 0 Å². The zero-order valence-electron chi connectivity index (χ0n) is 11.6. The minimum Gasteiger partial charge on any atom is -0.304 e. The largest absolute Gasteiger partial charge is 0.304 e. The summed E-state index contributed by atoms with van der Waals surface area (Å²) in [6.07, 6.45) is 5.67. The Morgan fingerprint density at radius 3 is 2.75 bits per heavy atom. The van der Waals surface area contributed by atoms with Crippen molar-refractivity contribution in [2.24, 2.45) is 0 Å². The number of pyridine rings is 2. The SMILES string of the molecule is CC(N[C@H](C)c1cccnc1)c1cnc2ccsc2c1. The molecule has 1 N–H and O–H groups in total. The second kappa shape index (κ2) is 5.69. The van der Waals surface area contributed by atoms with E-state index >= 15 is 0 Å². The first kappa shape index (κ1) is 13.2. The van der Waals surface area contributed by atoms with Crippen LogP contribution in [0.1, 0.15) is 37.1 Å². The van der Waals surface area contributed by atoms with Gasteiger partial charge in [-0.25, -0.2) is 0 Å². The normalized spacial score (nSPS) is 14.3. The fourth-order valence-corrected chi connectivity index (χ4v) is 3.09. The molecule has 0 radical (unpaired) electrons. The lowest BCUT2D eigenvalue weighted by Gasteiger charge is -2.20. The Morgan fingerprint density at radius 2 is 1.95 bits per heavy atom. The third-order valence-electron chi connectivity index (χ3n) is 3.51. The van der Waals surface area contributed by atoms with Crippen LogP contribution in [0.25, 0.3) is 10.2 Å². The van der Waals surface area contributed by atoms with Gasteiger partial charge in [-0.05, 0) is 48.6 Å². The molecule has 3 aromatic heterocycles. The van der Waals surface area contributed by atoms with Gasteiger partial charge in [-0.1, -0.05) is 6.07 Å². The minimum absolute atomic E-state index is 0.254. The molecule has 3 rings (SSSR count). The van der Waals surface area contributed by atoms with Gasteiger partial charge in [0.15, 0.2) is 0 Å². The molecule has 0 bridgehead atoms. The quantitative estimate of drug-likeness (QED) is 0.783. The van der Waals surface area contributed by atoms with E-state index in [-0.39, 0.29) is 12.1 Å². The maximum absolute atomic E-state index is 4.50. The number of thiophene rings is 1. The average molecular weight is 283 g/mol. The molecule has 0 saturated heterocycles. The van der Waals surface area contributed by atoms with Crippen LogP contribution in [0.2, 0.25) is 0 Å². The predicted molar refractivity (Wildman–Crippen MR) is 83.8 cm³/mol. The van der Waals surface area contributed by atoms with Gasteiger partial charge in [-0.3, -0.25) is 9.97 Å². The Morgan fingerprint density at radius 1 is 1.10 bits per heavy atom. The maximum Gasteiger partial charge on any atom is 0.0809 e. The molecule has 4 heteroatoms. The van der Waals surface area contributed by atoms with Gasteiger partial charge in [-0.15, -0.1) is 11.3 Å².